The van der Waals surface area contributed by atoms with E-state index >= 15 is 0 Å². The lowest BCUT2D eigenvalue weighted by atomic mass is 10.0. The summed E-state index contributed by atoms with van der Waals surface area (Å²) < 4.78 is 0. The number of nitrogens with two attached hydrogens (primary N) is 1. The van der Waals surface area contributed by atoms with E-state index in [2.05, 4.69) is 0 Å². The fourth-order valence-corrected chi connectivity index (χ4v) is 1.43. The van der Waals surface area contributed by atoms with Crippen molar-refractivity contribution in [2.24, 2.45) is 5.73 Å². The lowest BCUT2D eigenvalue weighted by Gasteiger charge is -2.11. The van der Waals surface area contributed by atoms with E-state index in [0.29, 0.717) is 17.5 Å². The second kappa shape index (κ2) is 4.85. The number of carboxylic acids is 1. The molecule has 1 rings (SSSR count). The van der Waals surface area contributed by atoms with Gasteiger partial charge < -0.3 is 21.1 Å². The first-order chi connectivity index (χ1) is 7.45. The van der Waals surface area contributed by atoms with Crippen LogP contribution in [0.5, 0.6) is 11.5 Å². The predicted octanol–water partition coefficient (Wildman–Crippen LogP) is 0.615. The minimum Gasteiger partial charge on any atom is -0.508 e. The van der Waals surface area contributed by atoms with Crippen LogP contribution in [-0.2, 0) is 17.6 Å². The standard InChI is InChI=1S/C11H15NO4/c1-2-6-4-10(14)7(5-9(6)13)3-8(12)11(15)16/h4-5,8,13-14H,2-3,12H2,1H3,(H,15,16)/t8-/m0/s1. The number of carboxylic acid groups (broad SMARTS) is 1. The quantitative estimate of drug-likeness (QED) is 0.562. The molecule has 5 N–H and O–H groups in total. The summed E-state index contributed by atoms with van der Waals surface area (Å²) in [6.07, 6.45) is 0.573. The smallest absolute Gasteiger partial charge is 0.320 e. The van der Waals surface area contributed by atoms with Crippen LogP contribution in [0.1, 0.15) is 18.1 Å². The van der Waals surface area contributed by atoms with Crippen LogP contribution in [0.3, 0.4) is 0 Å². The van der Waals surface area contributed by atoms with Crippen molar-refractivity contribution < 1.29 is 20.1 Å². The summed E-state index contributed by atoms with van der Waals surface area (Å²) in [5.74, 6) is -1.13. The van der Waals surface area contributed by atoms with Gasteiger partial charge in [0.15, 0.2) is 0 Å². The van der Waals surface area contributed by atoms with Gasteiger partial charge in [0.2, 0.25) is 0 Å². The maximum atomic E-state index is 10.6. The van der Waals surface area contributed by atoms with Crippen LogP contribution < -0.4 is 5.73 Å². The van der Waals surface area contributed by atoms with Gasteiger partial charge in [-0.05, 0) is 29.7 Å². The number of aryl methyl sites for hydroxylation is 1. The average molecular weight is 225 g/mol. The molecule has 0 aliphatic heterocycles. The maximum Gasteiger partial charge on any atom is 0.320 e. The van der Waals surface area contributed by atoms with Crippen LogP contribution in [0.25, 0.3) is 0 Å². The van der Waals surface area contributed by atoms with E-state index in [0.717, 1.165) is 0 Å². The van der Waals surface area contributed by atoms with Gasteiger partial charge in [0.25, 0.3) is 0 Å². The molecule has 0 saturated heterocycles. The fraction of sp³-hybridized carbons (Fsp3) is 0.364. The van der Waals surface area contributed by atoms with Crippen molar-refractivity contribution in [3.05, 3.63) is 23.3 Å². The van der Waals surface area contributed by atoms with Crippen molar-refractivity contribution in [3.8, 4) is 11.5 Å². The number of carbonyl (C=O) groups is 1. The molecule has 1 atom stereocenters. The van der Waals surface area contributed by atoms with Crippen LogP contribution in [0.4, 0.5) is 0 Å². The Hall–Kier alpha value is -1.75. The van der Waals surface area contributed by atoms with Gasteiger partial charge in [-0.25, -0.2) is 0 Å². The van der Waals surface area contributed by atoms with Gasteiger partial charge in [0.1, 0.15) is 17.5 Å². The molecule has 0 amide bonds. The molecule has 0 heterocycles. The first-order valence-corrected chi connectivity index (χ1v) is 4.97. The molecule has 0 aliphatic carbocycles. The van der Waals surface area contributed by atoms with Gasteiger partial charge in [0.05, 0.1) is 0 Å². The number of hydrogen-bond acceptors (Lipinski definition) is 4. The van der Waals surface area contributed by atoms with Crippen LogP contribution in [0.2, 0.25) is 0 Å². The molecule has 88 valence electrons. The topological polar surface area (TPSA) is 104 Å². The number of hydrogen-bond donors (Lipinski definition) is 4. The average Bonchev–Trinajstić information content (AvgIpc) is 2.22. The Bertz CT molecular complexity index is 403. The van der Waals surface area contributed by atoms with Crippen molar-refractivity contribution >= 4 is 5.97 Å². The summed E-state index contributed by atoms with van der Waals surface area (Å²) in [5.41, 5.74) is 6.30. The largest absolute Gasteiger partial charge is 0.508 e. The molecular weight excluding hydrogens is 210 g/mol. The summed E-state index contributed by atoms with van der Waals surface area (Å²) in [6, 6.07) is 1.70. The number of aromatic hydroxyl groups is 2. The third kappa shape index (κ3) is 2.64. The highest BCUT2D eigenvalue weighted by atomic mass is 16.4. The Labute approximate surface area is 93.1 Å². The zero-order valence-corrected chi connectivity index (χ0v) is 8.97. The highest BCUT2D eigenvalue weighted by Crippen LogP contribution is 2.28. The lowest BCUT2D eigenvalue weighted by molar-refractivity contribution is -0.138. The van der Waals surface area contributed by atoms with E-state index in [1.54, 1.807) is 0 Å². The second-order valence-corrected chi connectivity index (χ2v) is 3.61. The van der Waals surface area contributed by atoms with Gasteiger partial charge >= 0.3 is 5.97 Å². The molecule has 16 heavy (non-hydrogen) atoms. The molecule has 0 fully saturated rings. The summed E-state index contributed by atoms with van der Waals surface area (Å²) in [4.78, 5) is 10.6. The van der Waals surface area contributed by atoms with E-state index in [-0.39, 0.29) is 17.9 Å². The molecule has 0 unspecified atom stereocenters. The Morgan fingerprint density at radius 2 is 1.81 bits per heavy atom. The van der Waals surface area contributed by atoms with Crippen LogP contribution in [-0.4, -0.2) is 27.3 Å². The van der Waals surface area contributed by atoms with Crippen LogP contribution in [0, 0.1) is 0 Å². The van der Waals surface area contributed by atoms with Crippen molar-refractivity contribution in [1.82, 2.24) is 0 Å². The van der Waals surface area contributed by atoms with Crippen molar-refractivity contribution in [1.29, 1.82) is 0 Å². The minimum absolute atomic E-state index is 0.0152. The summed E-state index contributed by atoms with van der Waals surface area (Å²) in [6.45, 7) is 1.84. The molecule has 0 radical (unpaired) electrons. The monoisotopic (exact) mass is 225 g/mol. The first kappa shape index (κ1) is 12.3. The number of aliphatic carboxylic acids is 1. The highest BCUT2D eigenvalue weighted by Gasteiger charge is 2.16. The van der Waals surface area contributed by atoms with E-state index in [1.165, 1.54) is 12.1 Å². The zero-order chi connectivity index (χ0) is 12.3. The maximum absolute atomic E-state index is 10.6. The van der Waals surface area contributed by atoms with Gasteiger partial charge in [-0.2, -0.15) is 0 Å². The predicted molar refractivity (Wildman–Crippen MR) is 58.5 cm³/mol. The van der Waals surface area contributed by atoms with Gasteiger partial charge in [-0.15, -0.1) is 0 Å². The number of phenolic OH excluding ortho intramolecular Hbond substituents is 2. The SMILES string of the molecule is CCc1cc(O)c(C[C@H](N)C(=O)O)cc1O. The molecule has 5 nitrogen and oxygen atoms in total. The van der Waals surface area contributed by atoms with Crippen molar-refractivity contribution in [3.63, 3.8) is 0 Å². The molecule has 0 saturated carbocycles. The van der Waals surface area contributed by atoms with E-state index < -0.39 is 12.0 Å². The summed E-state index contributed by atoms with van der Waals surface area (Å²) in [5, 5.41) is 27.8. The molecule has 0 bridgehead atoms. The molecule has 0 spiro atoms. The molecule has 1 aromatic carbocycles. The minimum atomic E-state index is -1.14. The number of phenols is 2. The highest BCUT2D eigenvalue weighted by molar-refractivity contribution is 5.73. The summed E-state index contributed by atoms with van der Waals surface area (Å²) >= 11 is 0. The summed E-state index contributed by atoms with van der Waals surface area (Å²) in [7, 11) is 0. The van der Waals surface area contributed by atoms with Crippen molar-refractivity contribution in [2.45, 2.75) is 25.8 Å². The van der Waals surface area contributed by atoms with E-state index in [9.17, 15) is 15.0 Å². The van der Waals surface area contributed by atoms with E-state index in [1.807, 2.05) is 6.92 Å². The molecule has 1 aromatic rings. The van der Waals surface area contributed by atoms with Crippen LogP contribution in [0.15, 0.2) is 12.1 Å². The Kier molecular flexibility index (Phi) is 3.73. The van der Waals surface area contributed by atoms with Gasteiger partial charge in [-0.3, -0.25) is 4.79 Å². The third-order valence-corrected chi connectivity index (χ3v) is 2.42. The van der Waals surface area contributed by atoms with Crippen molar-refractivity contribution in [2.75, 3.05) is 0 Å². The number of rotatable bonds is 4. The third-order valence-electron chi connectivity index (χ3n) is 2.42. The Morgan fingerprint density at radius 1 is 1.31 bits per heavy atom. The zero-order valence-electron chi connectivity index (χ0n) is 8.97. The van der Waals surface area contributed by atoms with Crippen LogP contribution >= 0.6 is 0 Å². The van der Waals surface area contributed by atoms with E-state index in [4.69, 9.17) is 10.8 Å². The number of benzene rings is 1. The molecule has 5 heteroatoms. The molecular formula is C11H15NO4. The molecule has 0 aromatic heterocycles. The fourth-order valence-electron chi connectivity index (χ4n) is 1.43. The molecule has 0 aliphatic rings. The van der Waals surface area contributed by atoms with Gasteiger partial charge in [-0.1, -0.05) is 6.92 Å². The Morgan fingerprint density at radius 3 is 2.31 bits per heavy atom. The van der Waals surface area contributed by atoms with Gasteiger partial charge in [0, 0.05) is 6.42 Å². The normalized spacial score (nSPS) is 12.4. The second-order valence-electron chi connectivity index (χ2n) is 3.61. The lowest BCUT2D eigenvalue weighted by Crippen LogP contribution is -2.32. The Balaban J connectivity index is 2.98. The first-order valence-electron chi connectivity index (χ1n) is 4.97.